The van der Waals surface area contributed by atoms with Gasteiger partial charge in [-0.3, -0.25) is 19.7 Å². The molecule has 3 heterocycles. The summed E-state index contributed by atoms with van der Waals surface area (Å²) < 4.78 is 2.14. The van der Waals surface area contributed by atoms with Crippen LogP contribution in [0.15, 0.2) is 48.8 Å². The van der Waals surface area contributed by atoms with Crippen molar-refractivity contribution in [2.75, 3.05) is 13.1 Å². The van der Waals surface area contributed by atoms with Gasteiger partial charge in [0.2, 0.25) is 0 Å². The molecule has 5 rings (SSSR count). The molecule has 2 aliphatic rings. The Morgan fingerprint density at radius 2 is 1.97 bits per heavy atom. The minimum Gasteiger partial charge on any atom is -0.338 e. The molecular formula is C22H20N4O3. The van der Waals surface area contributed by atoms with Crippen LogP contribution in [-0.4, -0.2) is 45.3 Å². The summed E-state index contributed by atoms with van der Waals surface area (Å²) >= 11 is 0. The fraction of sp³-hybridized carbons (Fsp3) is 0.273. The molecule has 1 aromatic heterocycles. The number of imide groups is 1. The Morgan fingerprint density at radius 3 is 2.86 bits per heavy atom. The van der Waals surface area contributed by atoms with Crippen LogP contribution in [0.1, 0.15) is 43.9 Å². The number of amides is 3. The monoisotopic (exact) mass is 388 g/mol. The zero-order valence-electron chi connectivity index (χ0n) is 15.8. The van der Waals surface area contributed by atoms with Crippen LogP contribution in [0.5, 0.6) is 0 Å². The van der Waals surface area contributed by atoms with Crippen molar-refractivity contribution in [1.29, 1.82) is 0 Å². The molecule has 0 aliphatic carbocycles. The summed E-state index contributed by atoms with van der Waals surface area (Å²) in [7, 11) is 0. The van der Waals surface area contributed by atoms with E-state index in [9.17, 15) is 14.4 Å². The third-order valence-electron chi connectivity index (χ3n) is 5.78. The second kappa shape index (κ2) is 6.84. The Labute approximate surface area is 167 Å². The van der Waals surface area contributed by atoms with Crippen LogP contribution < -0.4 is 5.32 Å². The Kier molecular flexibility index (Phi) is 4.16. The molecule has 1 saturated heterocycles. The number of carbonyl (C=O) groups is 3. The minimum atomic E-state index is -0.493. The highest BCUT2D eigenvalue weighted by molar-refractivity contribution is 6.25. The van der Waals surface area contributed by atoms with Crippen molar-refractivity contribution in [3.05, 3.63) is 65.5 Å². The van der Waals surface area contributed by atoms with Crippen LogP contribution in [-0.2, 0) is 6.54 Å². The van der Waals surface area contributed by atoms with Crippen molar-refractivity contribution in [2.24, 2.45) is 5.92 Å². The number of hydrogen-bond acceptors (Lipinski definition) is 4. The summed E-state index contributed by atoms with van der Waals surface area (Å²) in [6.07, 6.45) is 3.79. The number of hydrogen-bond donors (Lipinski definition) is 1. The van der Waals surface area contributed by atoms with Crippen LogP contribution in [0.25, 0.3) is 11.0 Å². The number of nitrogens with zero attached hydrogens (tertiary/aromatic N) is 3. The molecule has 0 saturated carbocycles. The number of fused-ring (bicyclic) bond motifs is 2. The van der Waals surface area contributed by atoms with Gasteiger partial charge in [0, 0.05) is 19.6 Å². The van der Waals surface area contributed by atoms with Gasteiger partial charge in [-0.15, -0.1) is 0 Å². The topological polar surface area (TPSA) is 84.3 Å². The van der Waals surface area contributed by atoms with E-state index in [1.54, 1.807) is 23.1 Å². The normalized spacial score (nSPS) is 18.8. The van der Waals surface area contributed by atoms with Crippen LogP contribution in [0, 0.1) is 5.92 Å². The van der Waals surface area contributed by atoms with Gasteiger partial charge in [-0.2, -0.15) is 0 Å². The smallest absolute Gasteiger partial charge is 0.259 e. The van der Waals surface area contributed by atoms with E-state index in [4.69, 9.17) is 0 Å². The Morgan fingerprint density at radius 1 is 1.10 bits per heavy atom. The van der Waals surface area contributed by atoms with Crippen molar-refractivity contribution in [1.82, 2.24) is 19.8 Å². The maximum Gasteiger partial charge on any atom is 0.259 e. The molecule has 1 N–H and O–H groups in total. The summed E-state index contributed by atoms with van der Waals surface area (Å²) in [6, 6.07) is 12.9. The molecule has 0 radical (unpaired) electrons. The first-order valence-corrected chi connectivity index (χ1v) is 9.79. The second-order valence-corrected chi connectivity index (χ2v) is 7.66. The van der Waals surface area contributed by atoms with Gasteiger partial charge in [0.1, 0.15) is 0 Å². The third-order valence-corrected chi connectivity index (χ3v) is 5.78. The predicted octanol–water partition coefficient (Wildman–Crippen LogP) is 2.47. The molecule has 29 heavy (non-hydrogen) atoms. The fourth-order valence-corrected chi connectivity index (χ4v) is 4.40. The van der Waals surface area contributed by atoms with E-state index in [1.165, 1.54) is 0 Å². The number of aromatic nitrogens is 2. The minimum absolute atomic E-state index is 0.188. The quantitative estimate of drug-likeness (QED) is 0.699. The van der Waals surface area contributed by atoms with Gasteiger partial charge in [-0.25, -0.2) is 4.98 Å². The van der Waals surface area contributed by atoms with Crippen molar-refractivity contribution in [3.63, 3.8) is 0 Å². The van der Waals surface area contributed by atoms with Gasteiger partial charge in [-0.1, -0.05) is 18.2 Å². The van der Waals surface area contributed by atoms with Gasteiger partial charge < -0.3 is 9.47 Å². The average Bonchev–Trinajstić information content (AvgIpc) is 3.28. The van der Waals surface area contributed by atoms with Crippen molar-refractivity contribution in [3.8, 4) is 0 Å². The molecule has 0 bridgehead atoms. The molecule has 1 fully saturated rings. The van der Waals surface area contributed by atoms with Crippen molar-refractivity contribution >= 4 is 28.8 Å². The van der Waals surface area contributed by atoms with Gasteiger partial charge in [0.05, 0.1) is 34.1 Å². The zero-order chi connectivity index (χ0) is 20.0. The molecule has 7 heteroatoms. The lowest BCUT2D eigenvalue weighted by Gasteiger charge is -2.33. The first kappa shape index (κ1) is 17.6. The number of nitrogens with one attached hydrogen (secondary N) is 1. The van der Waals surface area contributed by atoms with E-state index < -0.39 is 11.8 Å². The van der Waals surface area contributed by atoms with Gasteiger partial charge >= 0.3 is 0 Å². The molecule has 0 spiro atoms. The molecular weight excluding hydrogens is 368 g/mol. The summed E-state index contributed by atoms with van der Waals surface area (Å²) in [5.74, 6) is -0.819. The van der Waals surface area contributed by atoms with E-state index in [0.29, 0.717) is 24.6 Å². The highest BCUT2D eigenvalue weighted by atomic mass is 16.2. The summed E-state index contributed by atoms with van der Waals surface area (Å²) in [5, 5.41) is 2.28. The van der Waals surface area contributed by atoms with E-state index >= 15 is 0 Å². The van der Waals surface area contributed by atoms with E-state index in [0.717, 1.165) is 30.4 Å². The number of benzene rings is 2. The number of para-hydroxylation sites is 2. The Balaban J connectivity index is 1.37. The molecule has 2 aliphatic heterocycles. The van der Waals surface area contributed by atoms with Crippen LogP contribution in [0.4, 0.5) is 0 Å². The molecule has 3 aromatic rings. The molecule has 1 unspecified atom stereocenters. The molecule has 1 atom stereocenters. The lowest BCUT2D eigenvalue weighted by Crippen LogP contribution is -2.41. The first-order chi connectivity index (χ1) is 14.1. The van der Waals surface area contributed by atoms with Crippen LogP contribution in [0.2, 0.25) is 0 Å². The molecule has 3 amide bonds. The van der Waals surface area contributed by atoms with Gasteiger partial charge in [-0.05, 0) is 43.0 Å². The van der Waals surface area contributed by atoms with Gasteiger partial charge in [0.25, 0.3) is 17.7 Å². The Hall–Kier alpha value is -3.48. The number of imidazole rings is 1. The third kappa shape index (κ3) is 2.99. The average molecular weight is 388 g/mol. The van der Waals surface area contributed by atoms with E-state index in [-0.39, 0.29) is 17.0 Å². The summed E-state index contributed by atoms with van der Waals surface area (Å²) in [5.41, 5.74) is 2.84. The Bertz CT molecular complexity index is 1150. The molecule has 7 nitrogen and oxygen atoms in total. The number of piperidine rings is 1. The van der Waals surface area contributed by atoms with Crippen molar-refractivity contribution in [2.45, 2.75) is 19.4 Å². The number of rotatable bonds is 3. The van der Waals surface area contributed by atoms with E-state index in [2.05, 4.69) is 20.9 Å². The number of likely N-dealkylation sites (tertiary alicyclic amines) is 1. The lowest BCUT2D eigenvalue weighted by molar-refractivity contribution is 0.0658. The maximum atomic E-state index is 13.2. The lowest BCUT2D eigenvalue weighted by atomic mass is 9.95. The molecule has 2 aromatic carbocycles. The standard InChI is InChI=1S/C22H20N4O3/c27-20-15-6-3-7-16(19(15)21(28)24-20)22(29)25-10-4-5-14(11-25)12-26-13-23-17-8-1-2-9-18(17)26/h1-3,6-9,13-14H,4-5,10-12H2,(H,24,27,28). The van der Waals surface area contributed by atoms with Crippen LogP contribution in [0.3, 0.4) is 0 Å². The highest BCUT2D eigenvalue weighted by Gasteiger charge is 2.34. The predicted molar refractivity (Wildman–Crippen MR) is 107 cm³/mol. The number of carbonyl (C=O) groups excluding carboxylic acids is 3. The molecule has 146 valence electrons. The van der Waals surface area contributed by atoms with Gasteiger partial charge in [0.15, 0.2) is 0 Å². The zero-order valence-corrected chi connectivity index (χ0v) is 15.8. The SMILES string of the molecule is O=C1NC(=O)c2c1cccc2C(=O)N1CCCC(Cn2cnc3ccccc32)C1. The van der Waals surface area contributed by atoms with Crippen LogP contribution >= 0.6 is 0 Å². The first-order valence-electron chi connectivity index (χ1n) is 9.79. The summed E-state index contributed by atoms with van der Waals surface area (Å²) in [6.45, 7) is 2.06. The highest BCUT2D eigenvalue weighted by Crippen LogP contribution is 2.25. The largest absolute Gasteiger partial charge is 0.338 e. The maximum absolute atomic E-state index is 13.2. The second-order valence-electron chi connectivity index (χ2n) is 7.66. The fourth-order valence-electron chi connectivity index (χ4n) is 4.40. The van der Waals surface area contributed by atoms with E-state index in [1.807, 2.05) is 24.5 Å². The van der Waals surface area contributed by atoms with Crippen molar-refractivity contribution < 1.29 is 14.4 Å². The summed E-state index contributed by atoms with van der Waals surface area (Å²) in [4.78, 5) is 43.5.